The van der Waals surface area contributed by atoms with Crippen LogP contribution in [0.5, 0.6) is 0 Å². The molecule has 0 amide bonds. The maximum atomic E-state index is 12.2. The van der Waals surface area contributed by atoms with Gasteiger partial charge in [0.05, 0.1) is 11.3 Å². The molecule has 3 aromatic heterocycles. The van der Waals surface area contributed by atoms with Crippen molar-refractivity contribution >= 4 is 16.6 Å². The van der Waals surface area contributed by atoms with Crippen molar-refractivity contribution in [2.45, 2.75) is 6.92 Å². The van der Waals surface area contributed by atoms with Crippen molar-refractivity contribution in [3.8, 4) is 11.1 Å². The van der Waals surface area contributed by atoms with E-state index in [4.69, 9.17) is 4.42 Å². The summed E-state index contributed by atoms with van der Waals surface area (Å²) in [6, 6.07) is 13.2. The SMILES string of the molecule is Cc1cn2cc(-c3cc4ccccc4oc3=O)ccc2n1. The summed E-state index contributed by atoms with van der Waals surface area (Å²) in [4.78, 5) is 16.6. The molecule has 4 heteroatoms. The van der Waals surface area contributed by atoms with Crippen LogP contribution in [0.3, 0.4) is 0 Å². The van der Waals surface area contributed by atoms with Crippen LogP contribution in [0.1, 0.15) is 5.69 Å². The molecular weight excluding hydrogens is 264 g/mol. The second kappa shape index (κ2) is 4.31. The van der Waals surface area contributed by atoms with E-state index < -0.39 is 0 Å². The Labute approximate surface area is 120 Å². The van der Waals surface area contributed by atoms with Crippen LogP contribution in [-0.4, -0.2) is 9.38 Å². The summed E-state index contributed by atoms with van der Waals surface area (Å²) >= 11 is 0. The molecule has 0 aliphatic heterocycles. The number of nitrogens with zero attached hydrogens (tertiary/aromatic N) is 2. The zero-order chi connectivity index (χ0) is 14.4. The Hall–Kier alpha value is -2.88. The minimum Gasteiger partial charge on any atom is -0.422 e. The molecule has 4 rings (SSSR count). The van der Waals surface area contributed by atoms with Gasteiger partial charge in [-0.2, -0.15) is 0 Å². The Morgan fingerprint density at radius 2 is 1.95 bits per heavy atom. The van der Waals surface area contributed by atoms with Gasteiger partial charge in [0.15, 0.2) is 0 Å². The van der Waals surface area contributed by atoms with Gasteiger partial charge in [-0.25, -0.2) is 9.78 Å². The summed E-state index contributed by atoms with van der Waals surface area (Å²) in [6.45, 7) is 1.94. The molecule has 0 aliphatic carbocycles. The molecule has 0 saturated heterocycles. The number of hydrogen-bond donors (Lipinski definition) is 0. The van der Waals surface area contributed by atoms with Crippen LogP contribution < -0.4 is 5.63 Å². The first-order valence-corrected chi connectivity index (χ1v) is 6.69. The van der Waals surface area contributed by atoms with Gasteiger partial charge in [0.1, 0.15) is 11.2 Å². The lowest BCUT2D eigenvalue weighted by atomic mass is 10.1. The van der Waals surface area contributed by atoms with Crippen LogP contribution >= 0.6 is 0 Å². The van der Waals surface area contributed by atoms with Gasteiger partial charge in [-0.15, -0.1) is 0 Å². The smallest absolute Gasteiger partial charge is 0.344 e. The fourth-order valence-electron chi connectivity index (χ4n) is 2.54. The van der Waals surface area contributed by atoms with Gasteiger partial charge in [0.2, 0.25) is 0 Å². The highest BCUT2D eigenvalue weighted by molar-refractivity contribution is 5.81. The molecule has 3 heterocycles. The van der Waals surface area contributed by atoms with Crippen LogP contribution in [-0.2, 0) is 0 Å². The number of aryl methyl sites for hydroxylation is 1. The summed E-state index contributed by atoms with van der Waals surface area (Å²) in [6.07, 6.45) is 3.83. The summed E-state index contributed by atoms with van der Waals surface area (Å²) in [5.41, 5.74) is 3.45. The van der Waals surface area contributed by atoms with Crippen LogP contribution in [0.2, 0.25) is 0 Å². The molecule has 0 aliphatic rings. The fourth-order valence-corrected chi connectivity index (χ4v) is 2.54. The van der Waals surface area contributed by atoms with E-state index in [0.29, 0.717) is 11.1 Å². The Morgan fingerprint density at radius 1 is 1.10 bits per heavy atom. The van der Waals surface area contributed by atoms with E-state index in [1.165, 1.54) is 0 Å². The Balaban J connectivity index is 1.98. The normalized spacial score (nSPS) is 11.3. The number of para-hydroxylation sites is 1. The van der Waals surface area contributed by atoms with Crippen molar-refractivity contribution in [1.29, 1.82) is 0 Å². The standard InChI is InChI=1S/C17H12N2O2/c1-11-9-19-10-13(6-7-16(19)18-11)14-8-12-4-2-3-5-15(12)21-17(14)20/h2-10H,1H3. The van der Waals surface area contributed by atoms with E-state index in [9.17, 15) is 4.79 Å². The van der Waals surface area contributed by atoms with Gasteiger partial charge in [-0.1, -0.05) is 18.2 Å². The zero-order valence-corrected chi connectivity index (χ0v) is 11.4. The first-order chi connectivity index (χ1) is 10.2. The molecule has 0 fully saturated rings. The molecule has 0 N–H and O–H groups in total. The maximum Gasteiger partial charge on any atom is 0.344 e. The topological polar surface area (TPSA) is 47.5 Å². The second-order valence-electron chi connectivity index (χ2n) is 5.05. The molecule has 4 nitrogen and oxygen atoms in total. The molecule has 4 aromatic rings. The summed E-state index contributed by atoms with van der Waals surface area (Å²) in [5.74, 6) is 0. The molecule has 0 bridgehead atoms. The summed E-state index contributed by atoms with van der Waals surface area (Å²) < 4.78 is 7.30. The average Bonchev–Trinajstić information content (AvgIpc) is 2.85. The molecule has 0 atom stereocenters. The lowest BCUT2D eigenvalue weighted by Crippen LogP contribution is -2.03. The lowest BCUT2D eigenvalue weighted by molar-refractivity contribution is 0.563. The molecule has 0 unspecified atom stereocenters. The quantitative estimate of drug-likeness (QED) is 0.500. The van der Waals surface area contributed by atoms with Crippen molar-refractivity contribution in [1.82, 2.24) is 9.38 Å². The van der Waals surface area contributed by atoms with Gasteiger partial charge < -0.3 is 8.82 Å². The number of imidazole rings is 1. The number of rotatable bonds is 1. The molecular formula is C17H12N2O2. The van der Waals surface area contributed by atoms with Crippen LogP contribution in [0.25, 0.3) is 27.7 Å². The largest absolute Gasteiger partial charge is 0.422 e. The number of pyridine rings is 1. The molecule has 0 radical (unpaired) electrons. The van der Waals surface area contributed by atoms with Crippen molar-refractivity contribution in [3.05, 3.63) is 71.0 Å². The minimum absolute atomic E-state index is 0.329. The number of fused-ring (bicyclic) bond motifs is 2. The van der Waals surface area contributed by atoms with E-state index in [1.54, 1.807) is 6.07 Å². The van der Waals surface area contributed by atoms with E-state index in [1.807, 2.05) is 60.1 Å². The second-order valence-corrected chi connectivity index (χ2v) is 5.05. The van der Waals surface area contributed by atoms with Gasteiger partial charge in [0, 0.05) is 23.3 Å². The zero-order valence-electron chi connectivity index (χ0n) is 11.4. The lowest BCUT2D eigenvalue weighted by Gasteiger charge is -2.03. The number of aromatic nitrogens is 2. The van der Waals surface area contributed by atoms with Gasteiger partial charge >= 0.3 is 5.63 Å². The monoisotopic (exact) mass is 276 g/mol. The molecule has 0 spiro atoms. The third-order valence-corrected chi connectivity index (χ3v) is 3.52. The summed E-state index contributed by atoms with van der Waals surface area (Å²) in [7, 11) is 0. The highest BCUT2D eigenvalue weighted by atomic mass is 16.4. The molecule has 21 heavy (non-hydrogen) atoms. The van der Waals surface area contributed by atoms with Crippen LogP contribution in [0.4, 0.5) is 0 Å². The Morgan fingerprint density at radius 3 is 2.86 bits per heavy atom. The number of benzene rings is 1. The third kappa shape index (κ3) is 1.92. The maximum absolute atomic E-state index is 12.2. The minimum atomic E-state index is -0.329. The highest BCUT2D eigenvalue weighted by Crippen LogP contribution is 2.21. The van der Waals surface area contributed by atoms with Crippen molar-refractivity contribution in [2.75, 3.05) is 0 Å². The first kappa shape index (κ1) is 11.9. The predicted octanol–water partition coefficient (Wildman–Crippen LogP) is 3.42. The van der Waals surface area contributed by atoms with E-state index in [-0.39, 0.29) is 5.63 Å². The third-order valence-electron chi connectivity index (χ3n) is 3.52. The van der Waals surface area contributed by atoms with Crippen LogP contribution in [0, 0.1) is 6.92 Å². The Bertz CT molecular complexity index is 1030. The van der Waals surface area contributed by atoms with E-state index >= 15 is 0 Å². The van der Waals surface area contributed by atoms with E-state index in [0.717, 1.165) is 22.3 Å². The number of hydrogen-bond acceptors (Lipinski definition) is 3. The van der Waals surface area contributed by atoms with Gasteiger partial charge in [-0.3, -0.25) is 0 Å². The average molecular weight is 276 g/mol. The van der Waals surface area contributed by atoms with Gasteiger partial charge in [0.25, 0.3) is 0 Å². The van der Waals surface area contributed by atoms with Crippen molar-refractivity contribution in [3.63, 3.8) is 0 Å². The summed E-state index contributed by atoms with van der Waals surface area (Å²) in [5, 5.41) is 0.911. The van der Waals surface area contributed by atoms with Crippen LogP contribution in [0.15, 0.2) is 64.1 Å². The van der Waals surface area contributed by atoms with Crippen molar-refractivity contribution < 1.29 is 4.42 Å². The highest BCUT2D eigenvalue weighted by Gasteiger charge is 2.09. The van der Waals surface area contributed by atoms with E-state index in [2.05, 4.69) is 4.98 Å². The first-order valence-electron chi connectivity index (χ1n) is 6.69. The predicted molar refractivity (Wildman–Crippen MR) is 81.4 cm³/mol. The van der Waals surface area contributed by atoms with Gasteiger partial charge in [-0.05, 0) is 31.2 Å². The molecule has 102 valence electrons. The molecule has 0 saturated carbocycles. The fraction of sp³-hybridized carbons (Fsp3) is 0.0588. The Kier molecular flexibility index (Phi) is 2.44. The molecule has 1 aromatic carbocycles. The van der Waals surface area contributed by atoms with Crippen molar-refractivity contribution in [2.24, 2.45) is 0 Å².